The summed E-state index contributed by atoms with van der Waals surface area (Å²) in [5.41, 5.74) is 4.59. The lowest BCUT2D eigenvalue weighted by molar-refractivity contribution is -0.138. The van der Waals surface area contributed by atoms with E-state index in [0.717, 1.165) is 52.2 Å². The number of hydrogen-bond donors (Lipinski definition) is 0. The van der Waals surface area contributed by atoms with E-state index in [1.54, 1.807) is 0 Å². The van der Waals surface area contributed by atoms with Gasteiger partial charge in [-0.3, -0.25) is 14.6 Å². The molecule has 4 rings (SSSR count). The van der Waals surface area contributed by atoms with Crippen LogP contribution in [0.4, 0.5) is 0 Å². The molecular formula is C24H28N4O. The highest BCUT2D eigenvalue weighted by molar-refractivity contribution is 5.81. The van der Waals surface area contributed by atoms with Gasteiger partial charge in [-0.1, -0.05) is 36.4 Å². The van der Waals surface area contributed by atoms with E-state index in [0.29, 0.717) is 5.56 Å². The Hall–Kier alpha value is -2.68. The van der Waals surface area contributed by atoms with Crippen LogP contribution in [0.15, 0.2) is 48.5 Å². The number of carbonyl (C=O) groups excluding carboxylic acids is 1. The van der Waals surface area contributed by atoms with Gasteiger partial charge in [-0.2, -0.15) is 5.26 Å². The number of nitrogens with zero attached hydrogens (tertiary/aromatic N) is 4. The largest absolute Gasteiger partial charge is 0.337 e. The third kappa shape index (κ3) is 4.50. The Bertz CT molecular complexity index is 894. The number of piperazine rings is 1. The summed E-state index contributed by atoms with van der Waals surface area (Å²) in [6, 6.07) is 18.4. The van der Waals surface area contributed by atoms with Crippen LogP contribution in [0.5, 0.6) is 0 Å². The molecule has 0 spiro atoms. The standard InChI is InChI=1S/C24H28N4O/c1-19(24(29)28-11-10-22-4-2-3-5-23(22)18-28)27-14-12-26(13-15-27)17-21-8-6-20(16-25)7-9-21/h2-9,19H,10-15,17-18H2,1H3/t19-/m0/s1. The van der Waals surface area contributed by atoms with Gasteiger partial charge in [0.1, 0.15) is 0 Å². The summed E-state index contributed by atoms with van der Waals surface area (Å²) >= 11 is 0. The molecule has 0 aromatic heterocycles. The lowest BCUT2D eigenvalue weighted by Gasteiger charge is -2.40. The molecule has 2 heterocycles. The van der Waals surface area contributed by atoms with Gasteiger partial charge in [-0.25, -0.2) is 0 Å². The Morgan fingerprint density at radius 2 is 1.69 bits per heavy atom. The number of nitriles is 1. The first-order valence-electron chi connectivity index (χ1n) is 10.4. The van der Waals surface area contributed by atoms with E-state index in [9.17, 15) is 4.79 Å². The molecule has 0 unspecified atom stereocenters. The minimum Gasteiger partial charge on any atom is -0.337 e. The summed E-state index contributed by atoms with van der Waals surface area (Å²) in [6.07, 6.45) is 0.951. The van der Waals surface area contributed by atoms with Crippen LogP contribution in [0.2, 0.25) is 0 Å². The second-order valence-electron chi connectivity index (χ2n) is 8.08. The molecular weight excluding hydrogens is 360 g/mol. The van der Waals surface area contributed by atoms with Crippen molar-refractivity contribution in [2.24, 2.45) is 0 Å². The van der Waals surface area contributed by atoms with Crippen molar-refractivity contribution in [3.63, 3.8) is 0 Å². The molecule has 5 nitrogen and oxygen atoms in total. The molecule has 2 aliphatic heterocycles. The van der Waals surface area contributed by atoms with Crippen molar-refractivity contribution in [2.45, 2.75) is 32.5 Å². The quantitative estimate of drug-likeness (QED) is 0.808. The van der Waals surface area contributed by atoms with E-state index in [1.807, 2.05) is 29.2 Å². The fraction of sp³-hybridized carbons (Fsp3) is 0.417. The second-order valence-corrected chi connectivity index (χ2v) is 8.08. The summed E-state index contributed by atoms with van der Waals surface area (Å²) in [5.74, 6) is 0.250. The number of benzene rings is 2. The number of hydrogen-bond acceptors (Lipinski definition) is 4. The van der Waals surface area contributed by atoms with Crippen LogP contribution in [0.3, 0.4) is 0 Å². The van der Waals surface area contributed by atoms with Crippen LogP contribution in [-0.2, 0) is 24.3 Å². The highest BCUT2D eigenvalue weighted by Crippen LogP contribution is 2.20. The van der Waals surface area contributed by atoms with Gasteiger partial charge in [-0.05, 0) is 42.2 Å². The summed E-state index contributed by atoms with van der Waals surface area (Å²) in [7, 11) is 0. The summed E-state index contributed by atoms with van der Waals surface area (Å²) in [5, 5.41) is 8.92. The van der Waals surface area contributed by atoms with Gasteiger partial charge in [0.25, 0.3) is 0 Å². The van der Waals surface area contributed by atoms with Crippen molar-refractivity contribution < 1.29 is 4.79 Å². The van der Waals surface area contributed by atoms with Gasteiger partial charge in [0.05, 0.1) is 17.7 Å². The topological polar surface area (TPSA) is 50.6 Å². The van der Waals surface area contributed by atoms with E-state index in [2.05, 4.69) is 47.1 Å². The minimum atomic E-state index is -0.0719. The zero-order valence-corrected chi connectivity index (χ0v) is 17.1. The van der Waals surface area contributed by atoms with Gasteiger partial charge in [0.2, 0.25) is 5.91 Å². The molecule has 1 fully saturated rings. The van der Waals surface area contributed by atoms with Crippen LogP contribution >= 0.6 is 0 Å². The Balaban J connectivity index is 1.29. The van der Waals surface area contributed by atoms with E-state index >= 15 is 0 Å². The molecule has 2 aromatic rings. The van der Waals surface area contributed by atoms with Crippen molar-refractivity contribution in [2.75, 3.05) is 32.7 Å². The van der Waals surface area contributed by atoms with Crippen LogP contribution in [0.1, 0.15) is 29.2 Å². The zero-order valence-electron chi connectivity index (χ0n) is 17.1. The predicted octanol–water partition coefficient (Wildman–Crippen LogP) is 2.65. The van der Waals surface area contributed by atoms with Crippen LogP contribution in [0.25, 0.3) is 0 Å². The minimum absolute atomic E-state index is 0.0719. The van der Waals surface area contributed by atoms with E-state index in [-0.39, 0.29) is 11.9 Å². The van der Waals surface area contributed by atoms with Crippen LogP contribution < -0.4 is 0 Å². The van der Waals surface area contributed by atoms with Gasteiger partial charge >= 0.3 is 0 Å². The van der Waals surface area contributed by atoms with Gasteiger partial charge in [0, 0.05) is 45.8 Å². The maximum Gasteiger partial charge on any atom is 0.239 e. The fourth-order valence-corrected chi connectivity index (χ4v) is 4.36. The average molecular weight is 389 g/mol. The Labute approximate surface area is 173 Å². The van der Waals surface area contributed by atoms with E-state index in [4.69, 9.17) is 5.26 Å². The molecule has 2 aromatic carbocycles. The lowest BCUT2D eigenvalue weighted by atomic mass is 9.99. The number of rotatable bonds is 4. The molecule has 1 saturated heterocycles. The molecule has 0 bridgehead atoms. The number of fused-ring (bicyclic) bond motifs is 1. The van der Waals surface area contributed by atoms with Gasteiger partial charge in [0.15, 0.2) is 0 Å². The monoisotopic (exact) mass is 388 g/mol. The van der Waals surface area contributed by atoms with Crippen LogP contribution in [-0.4, -0.2) is 59.4 Å². The highest BCUT2D eigenvalue weighted by Gasteiger charge is 2.30. The molecule has 0 N–H and O–H groups in total. The third-order valence-corrected chi connectivity index (χ3v) is 6.24. The predicted molar refractivity (Wildman–Crippen MR) is 113 cm³/mol. The molecule has 2 aliphatic rings. The van der Waals surface area contributed by atoms with Crippen molar-refractivity contribution in [3.8, 4) is 6.07 Å². The molecule has 1 amide bonds. The molecule has 0 radical (unpaired) electrons. The summed E-state index contributed by atoms with van der Waals surface area (Å²) in [6.45, 7) is 8.24. The normalized spacial score (nSPS) is 18.7. The van der Waals surface area contributed by atoms with Crippen molar-refractivity contribution in [1.82, 2.24) is 14.7 Å². The molecule has 5 heteroatoms. The summed E-state index contributed by atoms with van der Waals surface area (Å²) in [4.78, 5) is 19.8. The molecule has 0 saturated carbocycles. The number of carbonyl (C=O) groups is 1. The Morgan fingerprint density at radius 3 is 2.38 bits per heavy atom. The molecule has 150 valence electrons. The number of amides is 1. The van der Waals surface area contributed by atoms with Gasteiger partial charge < -0.3 is 4.90 Å². The van der Waals surface area contributed by atoms with Crippen LogP contribution in [0, 0.1) is 11.3 Å². The van der Waals surface area contributed by atoms with E-state index in [1.165, 1.54) is 16.7 Å². The Morgan fingerprint density at radius 1 is 1.00 bits per heavy atom. The van der Waals surface area contributed by atoms with Crippen molar-refractivity contribution in [1.29, 1.82) is 5.26 Å². The average Bonchev–Trinajstić information content (AvgIpc) is 2.79. The highest BCUT2D eigenvalue weighted by atomic mass is 16.2. The third-order valence-electron chi connectivity index (χ3n) is 6.24. The van der Waals surface area contributed by atoms with Crippen molar-refractivity contribution in [3.05, 3.63) is 70.8 Å². The molecule has 1 atom stereocenters. The SMILES string of the molecule is C[C@@H](C(=O)N1CCc2ccccc2C1)N1CCN(Cc2ccc(C#N)cc2)CC1. The van der Waals surface area contributed by atoms with Crippen molar-refractivity contribution >= 4 is 5.91 Å². The molecule has 29 heavy (non-hydrogen) atoms. The van der Waals surface area contributed by atoms with Gasteiger partial charge in [-0.15, -0.1) is 0 Å². The summed E-state index contributed by atoms with van der Waals surface area (Å²) < 4.78 is 0. The smallest absolute Gasteiger partial charge is 0.239 e. The maximum atomic E-state index is 13.1. The second kappa shape index (κ2) is 8.77. The van der Waals surface area contributed by atoms with E-state index < -0.39 is 0 Å². The Kier molecular flexibility index (Phi) is 5.94. The maximum absolute atomic E-state index is 13.1. The lowest BCUT2D eigenvalue weighted by Crippen LogP contribution is -2.54. The fourth-order valence-electron chi connectivity index (χ4n) is 4.36. The first kappa shape index (κ1) is 19.6. The zero-order chi connectivity index (χ0) is 20.2. The molecule has 0 aliphatic carbocycles. The first-order valence-corrected chi connectivity index (χ1v) is 10.4. The first-order chi connectivity index (χ1) is 14.1.